The van der Waals surface area contributed by atoms with Crippen LogP contribution in [0.25, 0.3) is 0 Å². The topological polar surface area (TPSA) is 102 Å². The summed E-state index contributed by atoms with van der Waals surface area (Å²) in [6.45, 7) is 4.47. The Bertz CT molecular complexity index is 891. The number of carbonyl (C=O) groups is 3. The number of carboxylic acid groups (broad SMARTS) is 1. The summed E-state index contributed by atoms with van der Waals surface area (Å²) in [4.78, 5) is 36.6. The molecule has 0 amide bonds. The SMILES string of the molecule is CC/C=C/C/C=C/CCCCCCCCCC(=O)OC(COCCC(C(=O)[O-])[N+](C)(C)C)COC(=O)CCCCCC/C=C/CCCC. The predicted molar refractivity (Wildman–Crippen MR) is 194 cm³/mol. The number of unbranched alkanes of at least 4 members (excludes halogenated alkanes) is 13. The van der Waals surface area contributed by atoms with Crippen molar-refractivity contribution >= 4 is 17.9 Å². The summed E-state index contributed by atoms with van der Waals surface area (Å²) < 4.78 is 17.0. The van der Waals surface area contributed by atoms with E-state index in [1.54, 1.807) is 21.1 Å². The normalized spacial score (nSPS) is 13.4. The Labute approximate surface area is 293 Å². The van der Waals surface area contributed by atoms with E-state index in [0.717, 1.165) is 77.0 Å². The van der Waals surface area contributed by atoms with Crippen LogP contribution in [0.1, 0.15) is 149 Å². The van der Waals surface area contributed by atoms with Gasteiger partial charge in [0, 0.05) is 19.3 Å². The zero-order valence-electron chi connectivity index (χ0n) is 31.4. The van der Waals surface area contributed by atoms with Crippen LogP contribution >= 0.6 is 0 Å². The van der Waals surface area contributed by atoms with Gasteiger partial charge in [-0.25, -0.2) is 0 Å². The standard InChI is InChI=1S/C40H71NO7/c1-6-8-10-12-14-16-18-19-20-21-23-25-27-29-31-39(43)48-36(34-46-33-32-37(40(44)45)41(3,4)5)35-47-38(42)30-28-26-24-22-17-15-13-11-9-7-2/h8,10,13-16,36-37H,6-7,9,11-12,17-35H2,1-5H3/b10-8+,15-13+,16-14+. The first-order valence-corrected chi connectivity index (χ1v) is 19.0. The van der Waals surface area contributed by atoms with Crippen LogP contribution in [0, 0.1) is 0 Å². The van der Waals surface area contributed by atoms with Crippen molar-refractivity contribution in [1.29, 1.82) is 0 Å². The summed E-state index contributed by atoms with van der Waals surface area (Å²) in [5, 5.41) is 11.6. The van der Waals surface area contributed by atoms with E-state index >= 15 is 0 Å². The monoisotopic (exact) mass is 678 g/mol. The van der Waals surface area contributed by atoms with E-state index in [1.165, 1.54) is 38.5 Å². The van der Waals surface area contributed by atoms with Crippen LogP contribution < -0.4 is 5.11 Å². The number of quaternary nitrogens is 1. The molecule has 8 nitrogen and oxygen atoms in total. The van der Waals surface area contributed by atoms with E-state index in [-0.39, 0.29) is 42.7 Å². The molecule has 0 aromatic rings. The molecule has 0 bridgehead atoms. The second-order valence-corrected chi connectivity index (χ2v) is 13.8. The van der Waals surface area contributed by atoms with Crippen molar-refractivity contribution in [1.82, 2.24) is 0 Å². The molecule has 8 heteroatoms. The van der Waals surface area contributed by atoms with Crippen LogP contribution in [-0.2, 0) is 28.6 Å². The predicted octanol–water partition coefficient (Wildman–Crippen LogP) is 8.18. The summed E-state index contributed by atoms with van der Waals surface area (Å²) in [5.74, 6) is -1.77. The first-order valence-electron chi connectivity index (χ1n) is 19.0. The number of ether oxygens (including phenoxy) is 3. The molecule has 2 atom stereocenters. The van der Waals surface area contributed by atoms with Crippen LogP contribution in [0.4, 0.5) is 0 Å². The van der Waals surface area contributed by atoms with Crippen molar-refractivity contribution in [3.05, 3.63) is 36.5 Å². The second-order valence-electron chi connectivity index (χ2n) is 13.8. The van der Waals surface area contributed by atoms with Crippen molar-refractivity contribution in [2.24, 2.45) is 0 Å². The highest BCUT2D eigenvalue weighted by atomic mass is 16.6. The Morgan fingerprint density at radius 2 is 1.17 bits per heavy atom. The van der Waals surface area contributed by atoms with Gasteiger partial charge >= 0.3 is 11.9 Å². The van der Waals surface area contributed by atoms with Crippen LogP contribution in [0.3, 0.4) is 0 Å². The number of hydrogen-bond acceptors (Lipinski definition) is 7. The van der Waals surface area contributed by atoms with Crippen molar-refractivity contribution in [3.63, 3.8) is 0 Å². The van der Waals surface area contributed by atoms with Gasteiger partial charge in [-0.1, -0.05) is 108 Å². The largest absolute Gasteiger partial charge is 0.544 e. The number of nitrogens with zero attached hydrogens (tertiary/aromatic N) is 1. The van der Waals surface area contributed by atoms with Gasteiger partial charge in [-0.05, 0) is 57.8 Å². The molecule has 0 fully saturated rings. The number of allylic oxidation sites excluding steroid dienone is 6. The van der Waals surface area contributed by atoms with Gasteiger partial charge in [0.1, 0.15) is 12.6 Å². The molecule has 0 aliphatic heterocycles. The van der Waals surface area contributed by atoms with E-state index in [9.17, 15) is 19.5 Å². The second kappa shape index (κ2) is 31.8. The van der Waals surface area contributed by atoms with E-state index in [1.807, 2.05) is 0 Å². The van der Waals surface area contributed by atoms with Gasteiger partial charge in [-0.15, -0.1) is 0 Å². The Hall–Kier alpha value is -2.45. The number of aliphatic carboxylic acids is 1. The quantitative estimate of drug-likeness (QED) is 0.0299. The van der Waals surface area contributed by atoms with E-state index < -0.39 is 18.1 Å². The lowest BCUT2D eigenvalue weighted by molar-refractivity contribution is -0.889. The van der Waals surface area contributed by atoms with Gasteiger partial charge in [0.05, 0.1) is 40.3 Å². The minimum Gasteiger partial charge on any atom is -0.544 e. The maximum absolute atomic E-state index is 12.6. The first kappa shape index (κ1) is 45.6. The van der Waals surface area contributed by atoms with E-state index in [0.29, 0.717) is 12.8 Å². The van der Waals surface area contributed by atoms with Gasteiger partial charge in [0.25, 0.3) is 0 Å². The fraction of sp³-hybridized carbons (Fsp3) is 0.775. The number of esters is 2. The Morgan fingerprint density at radius 3 is 1.73 bits per heavy atom. The molecule has 0 aromatic carbocycles. The van der Waals surface area contributed by atoms with Gasteiger partial charge < -0.3 is 28.6 Å². The fourth-order valence-electron chi connectivity index (χ4n) is 5.26. The van der Waals surface area contributed by atoms with Crippen LogP contribution in [0.5, 0.6) is 0 Å². The summed E-state index contributed by atoms with van der Waals surface area (Å²) >= 11 is 0. The van der Waals surface area contributed by atoms with E-state index in [4.69, 9.17) is 14.2 Å². The molecule has 48 heavy (non-hydrogen) atoms. The maximum Gasteiger partial charge on any atom is 0.306 e. The molecule has 0 aliphatic rings. The van der Waals surface area contributed by atoms with Gasteiger partial charge in [-0.3, -0.25) is 9.59 Å². The van der Waals surface area contributed by atoms with Crippen LogP contribution in [0.2, 0.25) is 0 Å². The number of carboxylic acids is 1. The molecule has 0 saturated carbocycles. The number of hydrogen-bond donors (Lipinski definition) is 0. The molecular formula is C40H71NO7. The van der Waals surface area contributed by atoms with Crippen LogP contribution in [0.15, 0.2) is 36.5 Å². The Balaban J connectivity index is 4.44. The summed E-state index contributed by atoms with van der Waals surface area (Å²) in [7, 11) is 5.38. The molecular weight excluding hydrogens is 606 g/mol. The molecule has 0 rings (SSSR count). The first-order chi connectivity index (χ1) is 23.1. The smallest absolute Gasteiger partial charge is 0.306 e. The van der Waals surface area contributed by atoms with Crippen molar-refractivity contribution in [3.8, 4) is 0 Å². The number of rotatable bonds is 33. The van der Waals surface area contributed by atoms with Crippen molar-refractivity contribution in [2.45, 2.75) is 161 Å². The highest BCUT2D eigenvalue weighted by molar-refractivity contribution is 5.70. The number of carbonyl (C=O) groups excluding carboxylic acids is 3. The summed E-state index contributed by atoms with van der Waals surface area (Å²) in [5.41, 5.74) is 0. The summed E-state index contributed by atoms with van der Waals surface area (Å²) in [6, 6.07) is -0.726. The van der Waals surface area contributed by atoms with Crippen molar-refractivity contribution in [2.75, 3.05) is 41.0 Å². The molecule has 278 valence electrons. The molecule has 0 aliphatic carbocycles. The van der Waals surface area contributed by atoms with Gasteiger partial charge in [0.2, 0.25) is 0 Å². The Morgan fingerprint density at radius 1 is 0.646 bits per heavy atom. The van der Waals surface area contributed by atoms with E-state index in [2.05, 4.69) is 50.3 Å². The van der Waals surface area contributed by atoms with Gasteiger partial charge in [0.15, 0.2) is 6.10 Å². The molecule has 0 saturated heterocycles. The lowest BCUT2D eigenvalue weighted by atomic mass is 10.1. The zero-order valence-corrected chi connectivity index (χ0v) is 31.4. The Kier molecular flexibility index (Phi) is 30.2. The fourth-order valence-corrected chi connectivity index (χ4v) is 5.26. The minimum atomic E-state index is -1.13. The number of likely N-dealkylation sites (N-methyl/N-ethyl adjacent to an activating group) is 1. The highest BCUT2D eigenvalue weighted by Crippen LogP contribution is 2.13. The van der Waals surface area contributed by atoms with Gasteiger partial charge in [-0.2, -0.15) is 0 Å². The molecule has 2 unspecified atom stereocenters. The third-order valence-electron chi connectivity index (χ3n) is 8.26. The third-order valence-corrected chi connectivity index (χ3v) is 8.26. The summed E-state index contributed by atoms with van der Waals surface area (Å²) in [6.07, 6.45) is 33.1. The van der Waals surface area contributed by atoms with Crippen molar-refractivity contribution < 1.29 is 38.2 Å². The lowest BCUT2D eigenvalue weighted by Crippen LogP contribution is -2.55. The molecule has 0 N–H and O–H groups in total. The molecule has 0 spiro atoms. The third kappa shape index (κ3) is 29.7. The lowest BCUT2D eigenvalue weighted by Gasteiger charge is -2.34. The zero-order chi connectivity index (χ0) is 35.7. The average Bonchev–Trinajstić information content (AvgIpc) is 3.03. The molecule has 0 aromatic heterocycles. The molecule has 0 radical (unpaired) electrons. The minimum absolute atomic E-state index is 0.0341. The molecule has 0 heterocycles. The highest BCUT2D eigenvalue weighted by Gasteiger charge is 2.25. The average molecular weight is 678 g/mol. The van der Waals surface area contributed by atoms with Crippen LogP contribution in [-0.4, -0.2) is 75.5 Å². The maximum atomic E-state index is 12.6.